The number of amides is 2. The van der Waals surface area contributed by atoms with E-state index < -0.39 is 11.6 Å². The minimum Gasteiger partial charge on any atom is -0.495 e. The molecule has 0 fully saturated rings. The fourth-order valence-corrected chi connectivity index (χ4v) is 1.55. The maximum atomic E-state index is 12.0. The molecule has 7 nitrogen and oxygen atoms in total. The van der Waals surface area contributed by atoms with E-state index >= 15 is 0 Å². The third-order valence-electron chi connectivity index (χ3n) is 2.35. The van der Waals surface area contributed by atoms with Crippen LogP contribution in [0.2, 0.25) is 0 Å². The summed E-state index contributed by atoms with van der Waals surface area (Å²) in [5, 5.41) is 11.4. The summed E-state index contributed by atoms with van der Waals surface area (Å²) < 4.78 is 5.11. The average Bonchev–Trinajstić information content (AvgIpc) is 2.34. The predicted molar refractivity (Wildman–Crippen MR) is 72.2 cm³/mol. The minimum atomic E-state index is -1.11. The maximum Gasteiger partial charge on any atom is 0.353 e. The van der Waals surface area contributed by atoms with Gasteiger partial charge >= 0.3 is 6.03 Å². The van der Waals surface area contributed by atoms with Gasteiger partial charge in [0.05, 0.1) is 19.3 Å². The lowest BCUT2D eigenvalue weighted by molar-refractivity contribution is 0.0478. The molecular formula is C12H20N4O3. The second kappa shape index (κ2) is 5.87. The van der Waals surface area contributed by atoms with E-state index in [1.807, 2.05) is 0 Å². The van der Waals surface area contributed by atoms with Crippen molar-refractivity contribution in [2.24, 2.45) is 11.7 Å². The highest BCUT2D eigenvalue weighted by Gasteiger charge is 2.24. The van der Waals surface area contributed by atoms with E-state index in [-0.39, 0.29) is 6.54 Å². The number of carbonyl (C=O) groups is 1. The predicted octanol–water partition coefficient (Wildman–Crippen LogP) is 0.442. The Labute approximate surface area is 112 Å². The van der Waals surface area contributed by atoms with Crippen LogP contribution in [-0.4, -0.2) is 35.4 Å². The van der Waals surface area contributed by atoms with Crippen molar-refractivity contribution in [2.75, 3.05) is 18.7 Å². The van der Waals surface area contributed by atoms with E-state index in [0.717, 1.165) is 10.0 Å². The molecule has 0 aliphatic rings. The van der Waals surface area contributed by atoms with Crippen molar-refractivity contribution >= 4 is 11.7 Å². The molecule has 0 heterocycles. The Bertz CT molecular complexity index is 445. The highest BCUT2D eigenvalue weighted by molar-refractivity contribution is 5.92. The molecule has 7 heteroatoms. The zero-order valence-electron chi connectivity index (χ0n) is 11.3. The smallest absolute Gasteiger partial charge is 0.353 e. The van der Waals surface area contributed by atoms with Crippen LogP contribution in [0, 0.1) is 0 Å². The number of nitrogens with zero attached hydrogens (tertiary/aromatic N) is 2. The van der Waals surface area contributed by atoms with Crippen LogP contribution in [0.15, 0.2) is 24.3 Å². The molecule has 0 aromatic heterocycles. The van der Waals surface area contributed by atoms with Crippen LogP contribution in [0.25, 0.3) is 0 Å². The number of methoxy groups -OCH3 is 1. The number of benzene rings is 1. The van der Waals surface area contributed by atoms with Gasteiger partial charge in [0.15, 0.2) is 0 Å². The van der Waals surface area contributed by atoms with Gasteiger partial charge in [-0.1, -0.05) is 12.1 Å². The first-order valence-electron chi connectivity index (χ1n) is 5.72. The molecule has 106 valence electrons. The molecule has 0 unspecified atom stereocenters. The van der Waals surface area contributed by atoms with E-state index in [2.05, 4.69) is 0 Å². The van der Waals surface area contributed by atoms with Gasteiger partial charge in [0.1, 0.15) is 11.4 Å². The standard InChI is InChI=1S/C12H20N4O3/c1-12(2,18)8-15(13)11(17)16(14)9-6-4-5-7-10(9)19-3/h4-7,18H,8,13-14H2,1-3H3. The molecule has 0 spiro atoms. The third-order valence-corrected chi connectivity index (χ3v) is 2.35. The first kappa shape index (κ1) is 15.2. The molecule has 5 N–H and O–H groups in total. The van der Waals surface area contributed by atoms with Crippen LogP contribution in [-0.2, 0) is 0 Å². The molecule has 0 bridgehead atoms. The highest BCUT2D eigenvalue weighted by atomic mass is 16.5. The van der Waals surface area contributed by atoms with E-state index in [1.165, 1.54) is 7.11 Å². The zero-order chi connectivity index (χ0) is 14.6. The minimum absolute atomic E-state index is 0.0469. The average molecular weight is 268 g/mol. The number of rotatable bonds is 4. The summed E-state index contributed by atoms with van der Waals surface area (Å²) in [5.41, 5.74) is -0.715. The van der Waals surface area contributed by atoms with E-state index in [0.29, 0.717) is 11.4 Å². The molecule has 19 heavy (non-hydrogen) atoms. The molecule has 0 saturated carbocycles. The first-order valence-corrected chi connectivity index (χ1v) is 5.72. The number of hydrogen-bond acceptors (Lipinski definition) is 5. The normalized spacial score (nSPS) is 11.1. The van der Waals surface area contributed by atoms with Gasteiger partial charge in [0.2, 0.25) is 0 Å². The van der Waals surface area contributed by atoms with Gasteiger partial charge < -0.3 is 9.84 Å². The summed E-state index contributed by atoms with van der Waals surface area (Å²) in [4.78, 5) is 12.0. The number of hydrogen-bond donors (Lipinski definition) is 3. The Morgan fingerprint density at radius 3 is 2.47 bits per heavy atom. The fraction of sp³-hybridized carbons (Fsp3) is 0.417. The van der Waals surface area contributed by atoms with Crippen LogP contribution in [0.4, 0.5) is 10.5 Å². The van der Waals surface area contributed by atoms with Gasteiger partial charge in [0, 0.05) is 0 Å². The second-order valence-corrected chi connectivity index (χ2v) is 4.76. The fourth-order valence-electron chi connectivity index (χ4n) is 1.55. The number of hydrazine groups is 2. The van der Waals surface area contributed by atoms with Crippen molar-refractivity contribution in [3.8, 4) is 5.75 Å². The quantitative estimate of drug-likeness (QED) is 0.417. The molecule has 1 aromatic rings. The van der Waals surface area contributed by atoms with E-state index in [4.69, 9.17) is 16.4 Å². The lowest BCUT2D eigenvalue weighted by Gasteiger charge is -2.28. The highest BCUT2D eigenvalue weighted by Crippen LogP contribution is 2.26. The molecule has 2 amide bonds. The number of urea groups is 1. The molecule has 0 radical (unpaired) electrons. The maximum absolute atomic E-state index is 12.0. The Kier molecular flexibility index (Phi) is 4.71. The lowest BCUT2D eigenvalue weighted by atomic mass is 10.1. The van der Waals surface area contributed by atoms with Crippen LogP contribution < -0.4 is 21.4 Å². The van der Waals surface area contributed by atoms with Crippen molar-refractivity contribution in [1.82, 2.24) is 5.01 Å². The molecule has 0 aliphatic carbocycles. The Morgan fingerprint density at radius 2 is 1.95 bits per heavy atom. The summed E-state index contributed by atoms with van der Waals surface area (Å²) in [6.07, 6.45) is 0. The number of anilines is 1. The largest absolute Gasteiger partial charge is 0.495 e. The third kappa shape index (κ3) is 4.09. The SMILES string of the molecule is COc1ccccc1N(N)C(=O)N(N)CC(C)(C)O. The summed E-state index contributed by atoms with van der Waals surface area (Å²) in [6.45, 7) is 3.04. The molecule has 0 atom stereocenters. The second-order valence-electron chi connectivity index (χ2n) is 4.76. The van der Waals surface area contributed by atoms with Crippen molar-refractivity contribution < 1.29 is 14.6 Å². The summed E-state index contributed by atoms with van der Waals surface area (Å²) in [5.74, 6) is 11.8. The van der Waals surface area contributed by atoms with Crippen molar-refractivity contribution in [3.05, 3.63) is 24.3 Å². The van der Waals surface area contributed by atoms with Gasteiger partial charge in [-0.25, -0.2) is 21.5 Å². The van der Waals surface area contributed by atoms with E-state index in [9.17, 15) is 9.90 Å². The Balaban J connectivity index is 2.87. The number of nitrogens with two attached hydrogens (primary N) is 2. The molecule has 0 aliphatic heterocycles. The van der Waals surface area contributed by atoms with Crippen molar-refractivity contribution in [1.29, 1.82) is 0 Å². The van der Waals surface area contributed by atoms with Crippen molar-refractivity contribution in [2.45, 2.75) is 19.4 Å². The molecular weight excluding hydrogens is 248 g/mol. The number of para-hydroxylation sites is 2. The summed E-state index contributed by atoms with van der Waals surface area (Å²) in [7, 11) is 1.48. The van der Waals surface area contributed by atoms with E-state index in [1.54, 1.807) is 38.1 Å². The Morgan fingerprint density at radius 1 is 1.37 bits per heavy atom. The Hall–Kier alpha value is -1.83. The first-order chi connectivity index (χ1) is 8.76. The summed E-state index contributed by atoms with van der Waals surface area (Å²) >= 11 is 0. The van der Waals surface area contributed by atoms with Gasteiger partial charge in [-0.2, -0.15) is 0 Å². The zero-order valence-corrected chi connectivity index (χ0v) is 11.3. The lowest BCUT2D eigenvalue weighted by Crippen LogP contribution is -2.54. The van der Waals surface area contributed by atoms with Gasteiger partial charge in [-0.05, 0) is 26.0 Å². The van der Waals surface area contributed by atoms with Crippen molar-refractivity contribution in [3.63, 3.8) is 0 Å². The van der Waals surface area contributed by atoms with Gasteiger partial charge in [-0.3, -0.25) is 5.01 Å². The number of carbonyl (C=O) groups excluding carboxylic acids is 1. The topological polar surface area (TPSA) is 105 Å². The number of ether oxygens (including phenoxy) is 1. The molecule has 1 aromatic carbocycles. The monoisotopic (exact) mass is 268 g/mol. The van der Waals surface area contributed by atoms with Gasteiger partial charge in [0.25, 0.3) is 0 Å². The van der Waals surface area contributed by atoms with Gasteiger partial charge in [-0.15, -0.1) is 0 Å². The van der Waals surface area contributed by atoms with Crippen LogP contribution in [0.3, 0.4) is 0 Å². The number of aliphatic hydroxyl groups is 1. The van der Waals surface area contributed by atoms with Crippen LogP contribution in [0.5, 0.6) is 5.75 Å². The van der Waals surface area contributed by atoms with Crippen LogP contribution in [0.1, 0.15) is 13.8 Å². The molecule has 1 rings (SSSR count). The molecule has 0 saturated heterocycles. The summed E-state index contributed by atoms with van der Waals surface area (Å²) in [6, 6.07) is 6.15. The van der Waals surface area contributed by atoms with Crippen LogP contribution >= 0.6 is 0 Å².